The fraction of sp³-hybridized carbons (Fsp3) is 0.222. The smallest absolute Gasteiger partial charge is 0.387 e. The highest BCUT2D eigenvalue weighted by molar-refractivity contribution is 5.98. The molecule has 17 heavy (non-hydrogen) atoms. The summed E-state index contributed by atoms with van der Waals surface area (Å²) in [6.45, 7) is -2.32. The van der Waals surface area contributed by atoms with Crippen molar-refractivity contribution in [2.24, 2.45) is 0 Å². The van der Waals surface area contributed by atoms with E-state index >= 15 is 0 Å². The van der Waals surface area contributed by atoms with Crippen molar-refractivity contribution >= 4 is 11.5 Å². The number of nitro benzene ring substituents is 1. The SMILES string of the molecule is CC(=O)c1ccc(OC(F)F)c(F)c1[N+](=O)[O-]. The van der Waals surface area contributed by atoms with Gasteiger partial charge in [0.2, 0.25) is 5.82 Å². The van der Waals surface area contributed by atoms with Crippen molar-refractivity contribution in [3.05, 3.63) is 33.6 Å². The number of ether oxygens (including phenoxy) is 1. The van der Waals surface area contributed by atoms with Crippen LogP contribution in [0.15, 0.2) is 12.1 Å². The maximum Gasteiger partial charge on any atom is 0.387 e. The van der Waals surface area contributed by atoms with Gasteiger partial charge in [0.05, 0.1) is 10.5 Å². The van der Waals surface area contributed by atoms with E-state index in [1.807, 2.05) is 0 Å². The lowest BCUT2D eigenvalue weighted by atomic mass is 10.1. The molecule has 0 saturated carbocycles. The van der Waals surface area contributed by atoms with E-state index in [9.17, 15) is 28.1 Å². The van der Waals surface area contributed by atoms with Crippen LogP contribution < -0.4 is 4.74 Å². The Kier molecular flexibility index (Phi) is 3.66. The highest BCUT2D eigenvalue weighted by Crippen LogP contribution is 2.31. The summed E-state index contributed by atoms with van der Waals surface area (Å²) in [5, 5.41) is 10.6. The van der Waals surface area contributed by atoms with Gasteiger partial charge in [-0.3, -0.25) is 14.9 Å². The van der Waals surface area contributed by atoms with Crippen LogP contribution in [0.25, 0.3) is 0 Å². The van der Waals surface area contributed by atoms with Gasteiger partial charge in [-0.05, 0) is 19.1 Å². The van der Waals surface area contributed by atoms with E-state index in [-0.39, 0.29) is 0 Å². The molecule has 0 radical (unpaired) electrons. The number of hydrogen-bond donors (Lipinski definition) is 0. The Morgan fingerprint density at radius 1 is 1.47 bits per heavy atom. The second-order valence-electron chi connectivity index (χ2n) is 2.97. The zero-order valence-corrected chi connectivity index (χ0v) is 8.45. The second kappa shape index (κ2) is 4.81. The first-order chi connectivity index (χ1) is 7.84. The highest BCUT2D eigenvalue weighted by Gasteiger charge is 2.27. The Hall–Kier alpha value is -2.12. The Morgan fingerprint density at radius 2 is 2.06 bits per heavy atom. The maximum atomic E-state index is 13.5. The number of rotatable bonds is 4. The molecular formula is C9H6F3NO4. The molecule has 1 aromatic rings. The average molecular weight is 249 g/mol. The van der Waals surface area contributed by atoms with Crippen LogP contribution in [0.4, 0.5) is 18.9 Å². The van der Waals surface area contributed by atoms with Crippen LogP contribution in [-0.4, -0.2) is 17.3 Å². The molecule has 0 unspecified atom stereocenters. The van der Waals surface area contributed by atoms with Crippen molar-refractivity contribution in [3.8, 4) is 5.75 Å². The van der Waals surface area contributed by atoms with Gasteiger partial charge in [0.1, 0.15) is 0 Å². The lowest BCUT2D eigenvalue weighted by Crippen LogP contribution is -2.08. The Labute approximate surface area is 93.0 Å². The Bertz CT molecular complexity index is 476. The molecule has 0 fully saturated rings. The third kappa shape index (κ3) is 2.71. The molecule has 0 heterocycles. The number of hydrogen-bond acceptors (Lipinski definition) is 4. The molecule has 0 bridgehead atoms. The molecule has 5 nitrogen and oxygen atoms in total. The first-order valence-corrected chi connectivity index (χ1v) is 4.27. The van der Waals surface area contributed by atoms with Gasteiger partial charge in [0.25, 0.3) is 0 Å². The Balaban J connectivity index is 3.38. The lowest BCUT2D eigenvalue weighted by molar-refractivity contribution is -0.387. The van der Waals surface area contributed by atoms with E-state index in [2.05, 4.69) is 4.74 Å². The minimum atomic E-state index is -3.31. The number of halogens is 3. The van der Waals surface area contributed by atoms with Crippen molar-refractivity contribution in [1.82, 2.24) is 0 Å². The predicted octanol–water partition coefficient (Wildman–Crippen LogP) is 2.54. The monoisotopic (exact) mass is 249 g/mol. The molecule has 0 aromatic heterocycles. The van der Waals surface area contributed by atoms with E-state index < -0.39 is 40.1 Å². The summed E-state index contributed by atoms with van der Waals surface area (Å²) in [7, 11) is 0. The van der Waals surface area contributed by atoms with Crippen molar-refractivity contribution in [1.29, 1.82) is 0 Å². The van der Waals surface area contributed by atoms with Crippen LogP contribution in [0.3, 0.4) is 0 Å². The molecule has 0 saturated heterocycles. The van der Waals surface area contributed by atoms with Gasteiger partial charge in [0.15, 0.2) is 11.5 Å². The lowest BCUT2D eigenvalue weighted by Gasteiger charge is -2.07. The zero-order chi connectivity index (χ0) is 13.2. The molecule has 0 amide bonds. The number of carbonyl (C=O) groups is 1. The molecule has 8 heteroatoms. The average Bonchev–Trinajstić information content (AvgIpc) is 2.19. The van der Waals surface area contributed by atoms with E-state index in [4.69, 9.17) is 0 Å². The normalized spacial score (nSPS) is 10.4. The number of alkyl halides is 2. The number of benzene rings is 1. The summed E-state index contributed by atoms with van der Waals surface area (Å²) >= 11 is 0. The van der Waals surface area contributed by atoms with Crippen molar-refractivity contribution in [3.63, 3.8) is 0 Å². The fourth-order valence-electron chi connectivity index (χ4n) is 1.20. The topological polar surface area (TPSA) is 69.4 Å². The van der Waals surface area contributed by atoms with Gasteiger partial charge in [-0.25, -0.2) is 0 Å². The highest BCUT2D eigenvalue weighted by atomic mass is 19.3. The largest absolute Gasteiger partial charge is 0.431 e. The standard InChI is InChI=1S/C9H6F3NO4/c1-4(14)5-2-3-6(17-9(11)12)7(10)8(5)13(15)16/h2-3,9H,1H3. The molecule has 1 aromatic carbocycles. The van der Waals surface area contributed by atoms with Crippen LogP contribution in [0, 0.1) is 15.9 Å². The molecule has 92 valence electrons. The number of Topliss-reactive ketones (excluding diaryl/α,β-unsaturated/α-hetero) is 1. The van der Waals surface area contributed by atoms with Gasteiger partial charge in [-0.15, -0.1) is 0 Å². The molecule has 0 spiro atoms. The molecule has 0 N–H and O–H groups in total. The van der Waals surface area contributed by atoms with Crippen LogP contribution in [-0.2, 0) is 0 Å². The minimum absolute atomic E-state index is 0.505. The number of nitrogens with zero attached hydrogens (tertiary/aromatic N) is 1. The van der Waals surface area contributed by atoms with E-state index in [1.54, 1.807) is 0 Å². The first kappa shape index (κ1) is 12.9. The zero-order valence-electron chi connectivity index (χ0n) is 8.45. The van der Waals surface area contributed by atoms with Crippen LogP contribution in [0.5, 0.6) is 5.75 Å². The van der Waals surface area contributed by atoms with Gasteiger partial charge < -0.3 is 4.74 Å². The third-order valence-electron chi connectivity index (χ3n) is 1.86. The van der Waals surface area contributed by atoms with Crippen molar-refractivity contribution in [2.45, 2.75) is 13.5 Å². The molecule has 0 aliphatic rings. The van der Waals surface area contributed by atoms with Gasteiger partial charge in [-0.2, -0.15) is 13.2 Å². The fourth-order valence-corrected chi connectivity index (χ4v) is 1.20. The molecule has 0 atom stereocenters. The van der Waals surface area contributed by atoms with E-state index in [1.165, 1.54) is 0 Å². The molecule has 0 aliphatic heterocycles. The predicted molar refractivity (Wildman–Crippen MR) is 49.7 cm³/mol. The van der Waals surface area contributed by atoms with Crippen molar-refractivity contribution < 1.29 is 27.6 Å². The molecule has 0 aliphatic carbocycles. The molecule has 1 rings (SSSR count). The van der Waals surface area contributed by atoms with Gasteiger partial charge in [0, 0.05) is 0 Å². The quantitative estimate of drug-likeness (QED) is 0.467. The third-order valence-corrected chi connectivity index (χ3v) is 1.86. The minimum Gasteiger partial charge on any atom is -0.431 e. The summed E-state index contributed by atoms with van der Waals surface area (Å²) in [5.41, 5.74) is -1.68. The Morgan fingerprint density at radius 3 is 2.47 bits per heavy atom. The summed E-state index contributed by atoms with van der Waals surface area (Å²) in [4.78, 5) is 20.4. The molecular weight excluding hydrogens is 243 g/mol. The summed E-state index contributed by atoms with van der Waals surface area (Å²) in [5.74, 6) is -3.32. The van der Waals surface area contributed by atoms with Crippen LogP contribution >= 0.6 is 0 Å². The van der Waals surface area contributed by atoms with Crippen LogP contribution in [0.2, 0.25) is 0 Å². The maximum absolute atomic E-state index is 13.5. The van der Waals surface area contributed by atoms with E-state index in [0.29, 0.717) is 0 Å². The first-order valence-electron chi connectivity index (χ1n) is 4.27. The second-order valence-corrected chi connectivity index (χ2v) is 2.97. The van der Waals surface area contributed by atoms with Crippen LogP contribution in [0.1, 0.15) is 17.3 Å². The number of nitro groups is 1. The summed E-state index contributed by atoms with van der Waals surface area (Å²) in [6.07, 6.45) is 0. The van der Waals surface area contributed by atoms with E-state index in [0.717, 1.165) is 19.1 Å². The van der Waals surface area contributed by atoms with Crippen molar-refractivity contribution in [2.75, 3.05) is 0 Å². The number of ketones is 1. The van der Waals surface area contributed by atoms with Gasteiger partial charge >= 0.3 is 12.3 Å². The summed E-state index contributed by atoms with van der Waals surface area (Å²) < 4.78 is 40.9. The number of carbonyl (C=O) groups excluding carboxylic acids is 1. The van der Waals surface area contributed by atoms with Gasteiger partial charge in [-0.1, -0.05) is 0 Å². The summed E-state index contributed by atoms with van der Waals surface area (Å²) in [6, 6.07) is 1.60.